The van der Waals surface area contributed by atoms with Gasteiger partial charge in [-0.25, -0.2) is 0 Å². The van der Waals surface area contributed by atoms with Crippen LogP contribution in [0.1, 0.15) is 22.4 Å². The molecule has 1 aromatic heterocycles. The first-order valence-corrected chi connectivity index (χ1v) is 7.84. The summed E-state index contributed by atoms with van der Waals surface area (Å²) in [5.41, 5.74) is 4.02. The molecular formula is C17H18ClN3O2. The van der Waals surface area contributed by atoms with Crippen LogP contribution >= 0.6 is 11.6 Å². The highest BCUT2D eigenvalue weighted by Crippen LogP contribution is 2.28. The van der Waals surface area contributed by atoms with Crippen molar-refractivity contribution in [1.29, 1.82) is 0 Å². The average Bonchev–Trinajstić information content (AvgIpc) is 2.95. The third-order valence-corrected chi connectivity index (χ3v) is 4.43. The van der Waals surface area contributed by atoms with E-state index in [2.05, 4.69) is 15.6 Å². The lowest BCUT2D eigenvalue weighted by atomic mass is 10.1. The number of pyridine rings is 1. The van der Waals surface area contributed by atoms with Crippen LogP contribution in [0.4, 0.5) is 5.69 Å². The van der Waals surface area contributed by atoms with Gasteiger partial charge in [-0.3, -0.25) is 9.59 Å². The maximum atomic E-state index is 12.3. The van der Waals surface area contributed by atoms with E-state index in [1.165, 1.54) is 0 Å². The number of rotatable bonds is 3. The zero-order valence-electron chi connectivity index (χ0n) is 13.0. The molecule has 0 aliphatic carbocycles. The molecule has 2 aromatic rings. The van der Waals surface area contributed by atoms with Crippen molar-refractivity contribution in [2.45, 2.75) is 32.9 Å². The Balaban J connectivity index is 1.65. The number of carbonyl (C=O) groups excluding carboxylic acids is 1. The van der Waals surface area contributed by atoms with E-state index in [4.69, 9.17) is 11.6 Å². The summed E-state index contributed by atoms with van der Waals surface area (Å²) in [6, 6.07) is 5.24. The van der Waals surface area contributed by atoms with E-state index in [-0.39, 0.29) is 17.4 Å². The number of aryl methyl sites for hydroxylation is 1. The summed E-state index contributed by atoms with van der Waals surface area (Å²) in [6.45, 7) is 3.83. The van der Waals surface area contributed by atoms with Gasteiger partial charge >= 0.3 is 0 Å². The van der Waals surface area contributed by atoms with Gasteiger partial charge in [-0.2, -0.15) is 0 Å². The summed E-state index contributed by atoms with van der Waals surface area (Å²) in [5.74, 6) is -0.0989. The highest BCUT2D eigenvalue weighted by molar-refractivity contribution is 6.30. The normalized spacial score (nSPS) is 15.9. The minimum absolute atomic E-state index is 0.00837. The van der Waals surface area contributed by atoms with E-state index in [9.17, 15) is 9.59 Å². The number of anilines is 1. The SMILES string of the molecule is Cc1c[nH]c(CNC(=O)[C@H]2Cc3cc(Cl)ccc3N2)c(C)c1=O. The summed E-state index contributed by atoms with van der Waals surface area (Å²) < 4.78 is 0. The Bertz CT molecular complexity index is 829. The molecular weight excluding hydrogens is 314 g/mol. The van der Waals surface area contributed by atoms with Gasteiger partial charge in [-0.05, 0) is 37.6 Å². The number of aromatic amines is 1. The molecule has 2 heterocycles. The third-order valence-electron chi connectivity index (χ3n) is 4.19. The molecule has 1 aromatic carbocycles. The zero-order chi connectivity index (χ0) is 16.6. The number of amides is 1. The van der Waals surface area contributed by atoms with Crippen LogP contribution in [-0.2, 0) is 17.8 Å². The van der Waals surface area contributed by atoms with Crippen LogP contribution in [0, 0.1) is 13.8 Å². The molecule has 0 radical (unpaired) electrons. The highest BCUT2D eigenvalue weighted by atomic mass is 35.5. The number of halogens is 1. The number of aromatic nitrogens is 1. The van der Waals surface area contributed by atoms with Crippen molar-refractivity contribution in [2.24, 2.45) is 0 Å². The first-order chi connectivity index (χ1) is 11.0. The number of H-pyrrole nitrogens is 1. The summed E-state index contributed by atoms with van der Waals surface area (Å²) in [7, 11) is 0. The van der Waals surface area contributed by atoms with Gasteiger partial charge in [-0.15, -0.1) is 0 Å². The summed E-state index contributed by atoms with van der Waals surface area (Å²) in [5, 5.41) is 6.73. The number of hydrogen-bond donors (Lipinski definition) is 3. The van der Waals surface area contributed by atoms with E-state index < -0.39 is 0 Å². The Morgan fingerprint density at radius 1 is 1.39 bits per heavy atom. The lowest BCUT2D eigenvalue weighted by Gasteiger charge is -2.13. The van der Waals surface area contributed by atoms with Crippen molar-refractivity contribution in [3.63, 3.8) is 0 Å². The number of fused-ring (bicyclic) bond motifs is 1. The second-order valence-electron chi connectivity index (χ2n) is 5.82. The smallest absolute Gasteiger partial charge is 0.243 e. The van der Waals surface area contributed by atoms with Gasteiger partial charge in [0.25, 0.3) is 0 Å². The fraction of sp³-hybridized carbons (Fsp3) is 0.294. The number of hydrogen-bond acceptors (Lipinski definition) is 3. The van der Waals surface area contributed by atoms with Crippen LogP contribution in [0.25, 0.3) is 0 Å². The summed E-state index contributed by atoms with van der Waals surface area (Å²) >= 11 is 5.97. The molecule has 0 spiro atoms. The summed E-state index contributed by atoms with van der Waals surface area (Å²) in [6.07, 6.45) is 2.27. The molecule has 0 bridgehead atoms. The second kappa shape index (κ2) is 6.08. The van der Waals surface area contributed by atoms with Crippen LogP contribution in [0.15, 0.2) is 29.2 Å². The quantitative estimate of drug-likeness (QED) is 0.808. The summed E-state index contributed by atoms with van der Waals surface area (Å²) in [4.78, 5) is 27.3. The minimum atomic E-state index is -0.319. The third kappa shape index (κ3) is 3.10. The first-order valence-electron chi connectivity index (χ1n) is 7.46. The topological polar surface area (TPSA) is 74.0 Å². The predicted molar refractivity (Wildman–Crippen MR) is 91.0 cm³/mol. The molecule has 0 saturated heterocycles. The second-order valence-corrected chi connectivity index (χ2v) is 6.26. The Kier molecular flexibility index (Phi) is 4.13. The fourth-order valence-corrected chi connectivity index (χ4v) is 2.97. The van der Waals surface area contributed by atoms with Crippen molar-refractivity contribution >= 4 is 23.2 Å². The monoisotopic (exact) mass is 331 g/mol. The average molecular weight is 332 g/mol. The van der Waals surface area contributed by atoms with Crippen LogP contribution < -0.4 is 16.1 Å². The molecule has 1 amide bonds. The highest BCUT2D eigenvalue weighted by Gasteiger charge is 2.26. The van der Waals surface area contributed by atoms with Crippen LogP contribution in [0.5, 0.6) is 0 Å². The minimum Gasteiger partial charge on any atom is -0.373 e. The van der Waals surface area contributed by atoms with Gasteiger partial charge in [-0.1, -0.05) is 11.6 Å². The Hall–Kier alpha value is -2.27. The van der Waals surface area contributed by atoms with Crippen molar-refractivity contribution < 1.29 is 4.79 Å². The van der Waals surface area contributed by atoms with E-state index in [0.29, 0.717) is 29.1 Å². The maximum absolute atomic E-state index is 12.3. The molecule has 0 saturated carbocycles. The molecule has 0 fully saturated rings. The predicted octanol–water partition coefficient (Wildman–Crippen LogP) is 2.30. The largest absolute Gasteiger partial charge is 0.373 e. The Morgan fingerprint density at radius 3 is 2.96 bits per heavy atom. The van der Waals surface area contributed by atoms with Crippen LogP contribution in [-0.4, -0.2) is 16.9 Å². The molecule has 23 heavy (non-hydrogen) atoms. The van der Waals surface area contributed by atoms with Crippen molar-refractivity contribution in [1.82, 2.24) is 10.3 Å². The van der Waals surface area contributed by atoms with E-state index >= 15 is 0 Å². The van der Waals surface area contributed by atoms with E-state index in [0.717, 1.165) is 16.9 Å². The number of carbonyl (C=O) groups is 1. The van der Waals surface area contributed by atoms with Gasteiger partial charge < -0.3 is 15.6 Å². The molecule has 6 heteroatoms. The molecule has 0 unspecified atom stereocenters. The molecule has 3 rings (SSSR count). The van der Waals surface area contributed by atoms with Gasteiger partial charge in [0.2, 0.25) is 5.91 Å². The van der Waals surface area contributed by atoms with Crippen molar-refractivity contribution in [2.75, 3.05) is 5.32 Å². The fourth-order valence-electron chi connectivity index (χ4n) is 2.77. The molecule has 1 aliphatic heterocycles. The standard InChI is InChI=1S/C17H18ClN3O2/c1-9-7-19-15(10(2)16(9)22)8-20-17(23)14-6-11-5-12(18)3-4-13(11)21-14/h3-5,7,14,21H,6,8H2,1-2H3,(H,19,22)(H,20,23)/t14-/m1/s1. The van der Waals surface area contributed by atoms with Crippen molar-refractivity contribution in [3.8, 4) is 0 Å². The molecule has 1 atom stereocenters. The van der Waals surface area contributed by atoms with Gasteiger partial charge in [0.05, 0.1) is 6.54 Å². The van der Waals surface area contributed by atoms with Crippen LogP contribution in [0.3, 0.4) is 0 Å². The van der Waals surface area contributed by atoms with Crippen molar-refractivity contribution in [3.05, 3.63) is 62.0 Å². The Labute approximate surface area is 139 Å². The molecule has 5 nitrogen and oxygen atoms in total. The number of nitrogens with one attached hydrogen (secondary N) is 3. The Morgan fingerprint density at radius 2 is 2.17 bits per heavy atom. The molecule has 1 aliphatic rings. The van der Waals surface area contributed by atoms with Gasteiger partial charge in [0.1, 0.15) is 6.04 Å². The lowest BCUT2D eigenvalue weighted by molar-refractivity contribution is -0.121. The van der Waals surface area contributed by atoms with Gasteiger partial charge in [0, 0.05) is 40.1 Å². The number of benzene rings is 1. The van der Waals surface area contributed by atoms with E-state index in [1.54, 1.807) is 26.1 Å². The lowest BCUT2D eigenvalue weighted by Crippen LogP contribution is -2.38. The van der Waals surface area contributed by atoms with Gasteiger partial charge in [0.15, 0.2) is 5.43 Å². The van der Waals surface area contributed by atoms with E-state index in [1.807, 2.05) is 12.1 Å². The zero-order valence-corrected chi connectivity index (χ0v) is 13.8. The van der Waals surface area contributed by atoms with Crippen LogP contribution in [0.2, 0.25) is 5.02 Å². The first kappa shape index (κ1) is 15.6. The maximum Gasteiger partial charge on any atom is 0.243 e. The molecule has 120 valence electrons. The molecule has 3 N–H and O–H groups in total.